The van der Waals surface area contributed by atoms with Gasteiger partial charge in [-0.25, -0.2) is 0 Å². The minimum absolute atomic E-state index is 0.0312. The zero-order valence-electron chi connectivity index (χ0n) is 15.4. The van der Waals surface area contributed by atoms with Crippen LogP contribution in [0.1, 0.15) is 40.8 Å². The molecule has 132 valence electrons. The lowest BCUT2D eigenvalue weighted by Crippen LogP contribution is -2.30. The van der Waals surface area contributed by atoms with Crippen LogP contribution in [0.4, 0.5) is 0 Å². The van der Waals surface area contributed by atoms with Crippen molar-refractivity contribution < 1.29 is 4.79 Å². The topological polar surface area (TPSA) is 29.1 Å². The van der Waals surface area contributed by atoms with E-state index in [2.05, 4.69) is 67.7 Å². The summed E-state index contributed by atoms with van der Waals surface area (Å²) in [5, 5.41) is 3.21. The van der Waals surface area contributed by atoms with Crippen molar-refractivity contribution >= 4 is 5.91 Å². The third kappa shape index (κ3) is 4.60. The molecule has 0 unspecified atom stereocenters. The predicted molar refractivity (Wildman–Crippen MR) is 107 cm³/mol. The Kier molecular flexibility index (Phi) is 5.85. The number of benzene rings is 3. The number of aryl methyl sites for hydroxylation is 2. The van der Waals surface area contributed by atoms with E-state index in [0.717, 1.165) is 23.1 Å². The van der Waals surface area contributed by atoms with Crippen molar-refractivity contribution in [2.45, 2.75) is 32.7 Å². The van der Waals surface area contributed by atoms with E-state index in [-0.39, 0.29) is 11.9 Å². The van der Waals surface area contributed by atoms with Crippen molar-refractivity contribution in [1.82, 2.24) is 5.32 Å². The summed E-state index contributed by atoms with van der Waals surface area (Å²) in [6, 6.07) is 26.6. The Hall–Kier alpha value is -2.87. The van der Waals surface area contributed by atoms with E-state index in [1.807, 2.05) is 30.3 Å². The van der Waals surface area contributed by atoms with Crippen LogP contribution in [0.5, 0.6) is 0 Å². The first-order valence-electron chi connectivity index (χ1n) is 9.14. The molecule has 0 aliphatic carbocycles. The Bertz CT molecular complexity index is 836. The van der Waals surface area contributed by atoms with Gasteiger partial charge in [0.25, 0.3) is 0 Å². The van der Waals surface area contributed by atoms with Crippen LogP contribution in [0.3, 0.4) is 0 Å². The summed E-state index contributed by atoms with van der Waals surface area (Å²) in [7, 11) is 0. The van der Waals surface area contributed by atoms with E-state index in [1.165, 1.54) is 11.1 Å². The van der Waals surface area contributed by atoms with Gasteiger partial charge in [-0.1, -0.05) is 91.3 Å². The molecule has 26 heavy (non-hydrogen) atoms. The first-order valence-corrected chi connectivity index (χ1v) is 9.14. The van der Waals surface area contributed by atoms with Crippen molar-refractivity contribution in [3.05, 3.63) is 107 Å². The van der Waals surface area contributed by atoms with Crippen LogP contribution < -0.4 is 5.32 Å². The second-order valence-corrected chi connectivity index (χ2v) is 6.67. The first kappa shape index (κ1) is 17.9. The van der Waals surface area contributed by atoms with Gasteiger partial charge in [-0.15, -0.1) is 0 Å². The van der Waals surface area contributed by atoms with Crippen molar-refractivity contribution in [3.63, 3.8) is 0 Å². The van der Waals surface area contributed by atoms with Crippen LogP contribution >= 0.6 is 0 Å². The van der Waals surface area contributed by atoms with Gasteiger partial charge >= 0.3 is 0 Å². The molecule has 0 saturated carbocycles. The van der Waals surface area contributed by atoms with Crippen LogP contribution in [-0.2, 0) is 17.6 Å². The summed E-state index contributed by atoms with van der Waals surface area (Å²) in [5.74, 6) is 0.0312. The molecule has 0 bridgehead atoms. The Morgan fingerprint density at radius 2 is 1.38 bits per heavy atom. The van der Waals surface area contributed by atoms with Crippen molar-refractivity contribution in [3.8, 4) is 0 Å². The lowest BCUT2D eigenvalue weighted by molar-refractivity contribution is -0.120. The molecule has 1 amide bonds. The second kappa shape index (κ2) is 8.48. The summed E-state index contributed by atoms with van der Waals surface area (Å²) in [4.78, 5) is 12.7. The van der Waals surface area contributed by atoms with Gasteiger partial charge in [0.15, 0.2) is 0 Å². The zero-order valence-corrected chi connectivity index (χ0v) is 15.4. The summed E-state index contributed by atoms with van der Waals surface area (Å²) in [6.45, 7) is 4.20. The molecule has 0 aromatic heterocycles. The molecule has 0 fully saturated rings. The molecular formula is C24H25NO. The van der Waals surface area contributed by atoms with Crippen LogP contribution in [0.2, 0.25) is 0 Å². The molecule has 0 spiro atoms. The summed E-state index contributed by atoms with van der Waals surface area (Å²) in [5.41, 5.74) is 5.72. The SMILES string of the molecule is CCc1ccc(CC(=O)N[C@@H](c2ccccc2)c2ccc(C)cc2)cc1. The predicted octanol–water partition coefficient (Wildman–Crippen LogP) is 5.01. The minimum atomic E-state index is -0.140. The fourth-order valence-corrected chi connectivity index (χ4v) is 3.05. The molecule has 1 N–H and O–H groups in total. The van der Waals surface area contributed by atoms with Crippen molar-refractivity contribution in [2.24, 2.45) is 0 Å². The summed E-state index contributed by atoms with van der Waals surface area (Å²) in [6.07, 6.45) is 1.40. The van der Waals surface area contributed by atoms with Crippen molar-refractivity contribution in [2.75, 3.05) is 0 Å². The van der Waals surface area contributed by atoms with Crippen LogP contribution in [0.15, 0.2) is 78.9 Å². The largest absolute Gasteiger partial charge is 0.345 e. The number of carbonyl (C=O) groups excluding carboxylic acids is 1. The highest BCUT2D eigenvalue weighted by Crippen LogP contribution is 2.22. The minimum Gasteiger partial charge on any atom is -0.345 e. The number of rotatable bonds is 6. The maximum atomic E-state index is 12.7. The molecule has 2 heteroatoms. The number of amides is 1. The van der Waals surface area contributed by atoms with Gasteiger partial charge in [0.05, 0.1) is 12.5 Å². The quantitative estimate of drug-likeness (QED) is 0.670. The van der Waals surface area contributed by atoms with E-state index in [9.17, 15) is 4.79 Å². The van der Waals surface area contributed by atoms with Gasteiger partial charge < -0.3 is 5.32 Å². The monoisotopic (exact) mass is 343 g/mol. The molecule has 0 aliphatic rings. The molecule has 2 nitrogen and oxygen atoms in total. The van der Waals surface area contributed by atoms with Gasteiger partial charge in [0.1, 0.15) is 0 Å². The van der Waals surface area contributed by atoms with Crippen molar-refractivity contribution in [1.29, 1.82) is 0 Å². The van der Waals surface area contributed by atoms with E-state index >= 15 is 0 Å². The number of carbonyl (C=O) groups is 1. The Morgan fingerprint density at radius 1 is 0.808 bits per heavy atom. The zero-order chi connectivity index (χ0) is 18.4. The molecule has 1 atom stereocenters. The van der Waals surface area contributed by atoms with Gasteiger partial charge in [0.2, 0.25) is 5.91 Å². The summed E-state index contributed by atoms with van der Waals surface area (Å²) < 4.78 is 0. The van der Waals surface area contributed by atoms with E-state index in [1.54, 1.807) is 0 Å². The molecule has 0 radical (unpaired) electrons. The fraction of sp³-hybridized carbons (Fsp3) is 0.208. The van der Waals surface area contributed by atoms with Gasteiger partial charge in [-0.3, -0.25) is 4.79 Å². The molecule has 0 saturated heterocycles. The van der Waals surface area contributed by atoms with E-state index in [0.29, 0.717) is 6.42 Å². The maximum Gasteiger partial charge on any atom is 0.225 e. The molecule has 3 aromatic carbocycles. The molecular weight excluding hydrogens is 318 g/mol. The number of hydrogen-bond donors (Lipinski definition) is 1. The third-order valence-electron chi connectivity index (χ3n) is 4.64. The normalized spacial score (nSPS) is 11.8. The first-order chi connectivity index (χ1) is 12.7. The summed E-state index contributed by atoms with van der Waals surface area (Å²) >= 11 is 0. The average Bonchev–Trinajstić information content (AvgIpc) is 2.68. The highest BCUT2D eigenvalue weighted by atomic mass is 16.1. The maximum absolute atomic E-state index is 12.7. The molecule has 3 aromatic rings. The third-order valence-corrected chi connectivity index (χ3v) is 4.64. The lowest BCUT2D eigenvalue weighted by Gasteiger charge is -2.20. The number of nitrogens with one attached hydrogen (secondary N) is 1. The van der Waals surface area contributed by atoms with Crippen LogP contribution in [-0.4, -0.2) is 5.91 Å². The fourth-order valence-electron chi connectivity index (χ4n) is 3.05. The smallest absolute Gasteiger partial charge is 0.225 e. The average molecular weight is 343 g/mol. The Labute approximate surface area is 155 Å². The lowest BCUT2D eigenvalue weighted by atomic mass is 9.97. The highest BCUT2D eigenvalue weighted by Gasteiger charge is 2.16. The van der Waals surface area contributed by atoms with Gasteiger partial charge in [-0.2, -0.15) is 0 Å². The van der Waals surface area contributed by atoms with E-state index < -0.39 is 0 Å². The van der Waals surface area contributed by atoms with Crippen LogP contribution in [0.25, 0.3) is 0 Å². The highest BCUT2D eigenvalue weighted by molar-refractivity contribution is 5.79. The molecule has 0 aliphatic heterocycles. The standard InChI is InChI=1S/C24H25NO/c1-3-19-11-13-20(14-12-19)17-23(26)25-24(21-7-5-4-6-8-21)22-15-9-18(2)10-16-22/h4-16,24H,3,17H2,1-2H3,(H,25,26)/t24-/m0/s1. The Balaban J connectivity index is 1.78. The second-order valence-electron chi connectivity index (χ2n) is 6.67. The van der Waals surface area contributed by atoms with Gasteiger partial charge in [0, 0.05) is 0 Å². The Morgan fingerprint density at radius 3 is 2.00 bits per heavy atom. The van der Waals surface area contributed by atoms with E-state index in [4.69, 9.17) is 0 Å². The van der Waals surface area contributed by atoms with Gasteiger partial charge in [-0.05, 0) is 35.6 Å². The molecule has 0 heterocycles. The number of hydrogen-bond acceptors (Lipinski definition) is 1. The molecule has 3 rings (SSSR count). The van der Waals surface area contributed by atoms with Crippen LogP contribution in [0, 0.1) is 6.92 Å².